The van der Waals surface area contributed by atoms with Gasteiger partial charge in [0.1, 0.15) is 17.5 Å². The average Bonchev–Trinajstić information content (AvgIpc) is 2.55. The van der Waals surface area contributed by atoms with E-state index in [1.165, 1.54) is 0 Å². The number of piperazine rings is 1. The van der Waals surface area contributed by atoms with Gasteiger partial charge in [-0.15, -0.1) is 0 Å². The molecule has 1 aliphatic rings. The maximum absolute atomic E-state index is 4.60. The maximum Gasteiger partial charge on any atom is 0.227 e. The van der Waals surface area contributed by atoms with Crippen molar-refractivity contribution in [2.45, 2.75) is 6.92 Å². The molecule has 22 heavy (non-hydrogen) atoms. The third-order valence-electron chi connectivity index (χ3n) is 3.73. The zero-order valence-electron chi connectivity index (χ0n) is 13.3. The van der Waals surface area contributed by atoms with E-state index >= 15 is 0 Å². The molecule has 7 heteroatoms. The Balaban J connectivity index is 1.68. The minimum atomic E-state index is 0.796. The van der Waals surface area contributed by atoms with Gasteiger partial charge in [-0.2, -0.15) is 4.98 Å². The van der Waals surface area contributed by atoms with E-state index in [9.17, 15) is 0 Å². The third-order valence-corrected chi connectivity index (χ3v) is 3.73. The Bertz CT molecular complexity index is 635. The van der Waals surface area contributed by atoms with Gasteiger partial charge in [0, 0.05) is 52.7 Å². The summed E-state index contributed by atoms with van der Waals surface area (Å²) in [6.45, 7) is 5.51. The predicted molar refractivity (Wildman–Crippen MR) is 87.6 cm³/mol. The lowest BCUT2D eigenvalue weighted by atomic mass is 10.3. The molecule has 0 aromatic carbocycles. The second kappa shape index (κ2) is 6.13. The molecule has 7 nitrogen and oxygen atoms in total. The fourth-order valence-corrected chi connectivity index (χ4v) is 2.50. The largest absolute Gasteiger partial charge is 0.363 e. The molecule has 0 aliphatic carbocycles. The van der Waals surface area contributed by atoms with E-state index in [1.54, 1.807) is 0 Å². The predicted octanol–water partition coefficient (Wildman–Crippen LogP) is 0.968. The third kappa shape index (κ3) is 3.08. The molecule has 116 valence electrons. The van der Waals surface area contributed by atoms with Crippen LogP contribution in [-0.2, 0) is 0 Å². The summed E-state index contributed by atoms with van der Waals surface area (Å²) in [5.74, 6) is 3.53. The van der Waals surface area contributed by atoms with Crippen molar-refractivity contribution in [1.82, 2.24) is 19.9 Å². The molecular formula is C15H21N7. The van der Waals surface area contributed by atoms with E-state index < -0.39 is 0 Å². The van der Waals surface area contributed by atoms with Gasteiger partial charge in [0.25, 0.3) is 0 Å². The molecular weight excluding hydrogens is 278 g/mol. The molecule has 1 saturated heterocycles. The maximum atomic E-state index is 4.60. The fraction of sp³-hybridized carbons (Fsp3) is 0.467. The van der Waals surface area contributed by atoms with Gasteiger partial charge in [0.05, 0.1) is 0 Å². The van der Waals surface area contributed by atoms with Crippen LogP contribution in [0.2, 0.25) is 0 Å². The van der Waals surface area contributed by atoms with Crippen molar-refractivity contribution in [3.05, 3.63) is 30.4 Å². The normalized spacial score (nSPS) is 15.0. The molecule has 1 aliphatic heterocycles. The van der Waals surface area contributed by atoms with Crippen LogP contribution in [0.25, 0.3) is 0 Å². The molecule has 0 bridgehead atoms. The Morgan fingerprint density at radius 2 is 1.59 bits per heavy atom. The van der Waals surface area contributed by atoms with E-state index in [2.05, 4.69) is 29.7 Å². The van der Waals surface area contributed by atoms with Crippen LogP contribution in [0.15, 0.2) is 24.5 Å². The van der Waals surface area contributed by atoms with E-state index in [1.807, 2.05) is 50.4 Å². The fourth-order valence-electron chi connectivity index (χ4n) is 2.50. The zero-order valence-corrected chi connectivity index (χ0v) is 13.3. The molecule has 0 N–H and O–H groups in total. The number of hydrogen-bond acceptors (Lipinski definition) is 7. The summed E-state index contributed by atoms with van der Waals surface area (Å²) in [7, 11) is 3.98. The highest BCUT2D eigenvalue weighted by molar-refractivity contribution is 5.45. The van der Waals surface area contributed by atoms with Gasteiger partial charge < -0.3 is 14.7 Å². The summed E-state index contributed by atoms with van der Waals surface area (Å²) in [6, 6.07) is 3.88. The highest BCUT2D eigenvalue weighted by atomic mass is 15.3. The molecule has 3 rings (SSSR count). The van der Waals surface area contributed by atoms with Crippen LogP contribution < -0.4 is 14.7 Å². The Labute approximate surface area is 130 Å². The van der Waals surface area contributed by atoms with Crippen LogP contribution in [0.3, 0.4) is 0 Å². The van der Waals surface area contributed by atoms with Crippen molar-refractivity contribution in [2.24, 2.45) is 0 Å². The first-order valence-corrected chi connectivity index (χ1v) is 7.43. The standard InChI is InChI=1S/C15H21N7/c1-12-16-6-5-14(18-12)21-8-10-22(11-9-21)15-17-7-4-13(19-15)20(2)3/h4-7H,8-11H2,1-3H3. The number of aryl methyl sites for hydroxylation is 1. The second-order valence-corrected chi connectivity index (χ2v) is 5.55. The van der Waals surface area contributed by atoms with Gasteiger partial charge in [0.15, 0.2) is 0 Å². The highest BCUT2D eigenvalue weighted by Crippen LogP contribution is 2.17. The van der Waals surface area contributed by atoms with Crippen molar-refractivity contribution in [3.63, 3.8) is 0 Å². The van der Waals surface area contributed by atoms with Gasteiger partial charge >= 0.3 is 0 Å². The van der Waals surface area contributed by atoms with E-state index in [0.29, 0.717) is 0 Å². The van der Waals surface area contributed by atoms with Crippen LogP contribution in [-0.4, -0.2) is 60.2 Å². The van der Waals surface area contributed by atoms with Crippen LogP contribution in [0.5, 0.6) is 0 Å². The van der Waals surface area contributed by atoms with Gasteiger partial charge in [-0.3, -0.25) is 0 Å². The first-order chi connectivity index (χ1) is 10.6. The van der Waals surface area contributed by atoms with Gasteiger partial charge in [0.2, 0.25) is 5.95 Å². The SMILES string of the molecule is Cc1nccc(N2CCN(c3nccc(N(C)C)n3)CC2)n1. The molecule has 1 fully saturated rings. The summed E-state index contributed by atoms with van der Waals surface area (Å²) >= 11 is 0. The minimum absolute atomic E-state index is 0.796. The van der Waals surface area contributed by atoms with Crippen LogP contribution >= 0.6 is 0 Å². The topological polar surface area (TPSA) is 61.3 Å². The van der Waals surface area contributed by atoms with Crippen molar-refractivity contribution >= 4 is 17.6 Å². The lowest BCUT2D eigenvalue weighted by Gasteiger charge is -2.35. The summed E-state index contributed by atoms with van der Waals surface area (Å²) < 4.78 is 0. The molecule has 0 unspecified atom stereocenters. The highest BCUT2D eigenvalue weighted by Gasteiger charge is 2.20. The number of anilines is 3. The first-order valence-electron chi connectivity index (χ1n) is 7.43. The summed E-state index contributed by atoms with van der Waals surface area (Å²) in [4.78, 5) is 24.1. The van der Waals surface area contributed by atoms with Gasteiger partial charge in [-0.25, -0.2) is 15.0 Å². The van der Waals surface area contributed by atoms with Crippen LogP contribution in [0, 0.1) is 6.92 Å². The van der Waals surface area contributed by atoms with Crippen molar-refractivity contribution in [2.75, 3.05) is 55.0 Å². The Kier molecular flexibility index (Phi) is 4.04. The smallest absolute Gasteiger partial charge is 0.227 e. The number of hydrogen-bond donors (Lipinski definition) is 0. The van der Waals surface area contributed by atoms with Crippen LogP contribution in [0.1, 0.15) is 5.82 Å². The molecule has 0 saturated carbocycles. The Hall–Kier alpha value is -2.44. The number of rotatable bonds is 3. The monoisotopic (exact) mass is 299 g/mol. The minimum Gasteiger partial charge on any atom is -0.363 e. The summed E-state index contributed by atoms with van der Waals surface area (Å²) in [5.41, 5.74) is 0. The van der Waals surface area contributed by atoms with Crippen molar-refractivity contribution < 1.29 is 0 Å². The quantitative estimate of drug-likeness (QED) is 0.836. The van der Waals surface area contributed by atoms with E-state index in [0.717, 1.165) is 49.6 Å². The number of nitrogens with zero attached hydrogens (tertiary/aromatic N) is 7. The van der Waals surface area contributed by atoms with Crippen molar-refractivity contribution in [1.29, 1.82) is 0 Å². The molecule has 3 heterocycles. The Morgan fingerprint density at radius 3 is 2.27 bits per heavy atom. The summed E-state index contributed by atoms with van der Waals surface area (Å²) in [5, 5.41) is 0. The lowest BCUT2D eigenvalue weighted by Crippen LogP contribution is -2.47. The molecule has 2 aromatic heterocycles. The zero-order chi connectivity index (χ0) is 15.5. The van der Waals surface area contributed by atoms with Gasteiger partial charge in [-0.1, -0.05) is 0 Å². The van der Waals surface area contributed by atoms with E-state index in [-0.39, 0.29) is 0 Å². The molecule has 0 amide bonds. The van der Waals surface area contributed by atoms with Crippen LogP contribution in [0.4, 0.5) is 17.6 Å². The molecule has 0 radical (unpaired) electrons. The Morgan fingerprint density at radius 1 is 0.909 bits per heavy atom. The number of aromatic nitrogens is 4. The average molecular weight is 299 g/mol. The molecule has 0 atom stereocenters. The molecule has 2 aromatic rings. The summed E-state index contributed by atoms with van der Waals surface area (Å²) in [6.07, 6.45) is 3.63. The molecule has 0 spiro atoms. The van der Waals surface area contributed by atoms with Gasteiger partial charge in [-0.05, 0) is 19.1 Å². The van der Waals surface area contributed by atoms with E-state index in [4.69, 9.17) is 0 Å². The van der Waals surface area contributed by atoms with Crippen molar-refractivity contribution in [3.8, 4) is 0 Å². The second-order valence-electron chi connectivity index (χ2n) is 5.55. The first kappa shape index (κ1) is 14.5. The lowest BCUT2D eigenvalue weighted by molar-refractivity contribution is 0.633.